The minimum Gasteiger partial charge on any atom is -0.456 e. The Morgan fingerprint density at radius 1 is 1.24 bits per heavy atom. The highest BCUT2D eigenvalue weighted by Gasteiger charge is 2.14. The largest absolute Gasteiger partial charge is 0.456 e. The van der Waals surface area contributed by atoms with Crippen molar-refractivity contribution in [1.29, 1.82) is 5.41 Å². The Hall–Kier alpha value is -1.78. The Kier molecular flexibility index (Phi) is 5.58. The number of hydrogen-bond acceptors (Lipinski definition) is 2. The van der Waals surface area contributed by atoms with Gasteiger partial charge in [0.2, 0.25) is 0 Å². The number of hydrogen-bond donors (Lipinski definition) is 2. The molecule has 2 aromatic carbocycles. The standard InChI is InChI=1S/C15H14ClFN2O.ClH/c1-8-6-10(7-9(2)14(8)16)20-12-5-3-4-11(17)13(12)15(18)19;/h3-7H,1-2H3,(H3,18,19);1H. The van der Waals surface area contributed by atoms with Gasteiger partial charge in [-0.15, -0.1) is 12.4 Å². The van der Waals surface area contributed by atoms with Crippen molar-refractivity contribution in [3.63, 3.8) is 0 Å². The van der Waals surface area contributed by atoms with Gasteiger partial charge in [-0.05, 0) is 49.2 Å². The molecule has 2 rings (SSSR count). The molecular weight excluding hydrogens is 314 g/mol. The Balaban J connectivity index is 0.00000220. The molecule has 0 saturated heterocycles. The highest BCUT2D eigenvalue weighted by molar-refractivity contribution is 6.32. The predicted molar refractivity (Wildman–Crippen MR) is 85.7 cm³/mol. The minimum absolute atomic E-state index is 0. The van der Waals surface area contributed by atoms with Gasteiger partial charge in [-0.25, -0.2) is 4.39 Å². The van der Waals surface area contributed by atoms with Gasteiger partial charge in [-0.3, -0.25) is 5.41 Å². The molecule has 0 aliphatic heterocycles. The molecule has 21 heavy (non-hydrogen) atoms. The fourth-order valence-electron chi connectivity index (χ4n) is 1.94. The van der Waals surface area contributed by atoms with Crippen LogP contribution in [0.3, 0.4) is 0 Å². The van der Waals surface area contributed by atoms with E-state index in [4.69, 9.17) is 27.5 Å². The van der Waals surface area contributed by atoms with E-state index in [1.165, 1.54) is 12.1 Å². The maximum Gasteiger partial charge on any atom is 0.141 e. The van der Waals surface area contributed by atoms with E-state index in [-0.39, 0.29) is 29.6 Å². The smallest absolute Gasteiger partial charge is 0.141 e. The minimum atomic E-state index is -0.586. The van der Waals surface area contributed by atoms with Crippen LogP contribution >= 0.6 is 24.0 Å². The monoisotopic (exact) mass is 328 g/mol. The fourth-order valence-corrected chi connectivity index (χ4v) is 2.05. The van der Waals surface area contributed by atoms with Crippen molar-refractivity contribution in [2.24, 2.45) is 5.73 Å². The zero-order valence-corrected chi connectivity index (χ0v) is 13.1. The van der Waals surface area contributed by atoms with Gasteiger partial charge in [-0.2, -0.15) is 0 Å². The lowest BCUT2D eigenvalue weighted by molar-refractivity contribution is 0.474. The second-order valence-corrected chi connectivity index (χ2v) is 4.88. The second-order valence-electron chi connectivity index (χ2n) is 4.50. The topological polar surface area (TPSA) is 59.1 Å². The molecule has 2 aromatic rings. The van der Waals surface area contributed by atoms with Crippen molar-refractivity contribution < 1.29 is 9.13 Å². The summed E-state index contributed by atoms with van der Waals surface area (Å²) in [5.41, 5.74) is 7.08. The quantitative estimate of drug-likeness (QED) is 0.639. The lowest BCUT2D eigenvalue weighted by Crippen LogP contribution is -2.14. The summed E-state index contributed by atoms with van der Waals surface area (Å²) in [5.74, 6) is -0.228. The third-order valence-electron chi connectivity index (χ3n) is 2.88. The average Bonchev–Trinajstić information content (AvgIpc) is 2.35. The number of amidine groups is 1. The summed E-state index contributed by atoms with van der Waals surface area (Å²) in [4.78, 5) is 0. The lowest BCUT2D eigenvalue weighted by Gasteiger charge is -2.13. The molecule has 3 N–H and O–H groups in total. The molecule has 0 aliphatic rings. The van der Waals surface area contributed by atoms with E-state index in [1.807, 2.05) is 13.8 Å². The van der Waals surface area contributed by atoms with Gasteiger partial charge in [0.1, 0.15) is 23.2 Å². The highest BCUT2D eigenvalue weighted by Crippen LogP contribution is 2.31. The Bertz CT molecular complexity index is 666. The third-order valence-corrected chi connectivity index (χ3v) is 3.48. The first-order chi connectivity index (χ1) is 9.40. The first-order valence-electron chi connectivity index (χ1n) is 5.97. The van der Waals surface area contributed by atoms with Gasteiger partial charge in [0.05, 0.1) is 5.56 Å². The van der Waals surface area contributed by atoms with Gasteiger partial charge >= 0.3 is 0 Å². The number of nitrogens with one attached hydrogen (secondary N) is 1. The van der Waals surface area contributed by atoms with Crippen LogP contribution in [0.15, 0.2) is 30.3 Å². The summed E-state index contributed by atoms with van der Waals surface area (Å²) in [6.45, 7) is 3.72. The second kappa shape index (κ2) is 6.78. The summed E-state index contributed by atoms with van der Waals surface area (Å²) in [6.07, 6.45) is 0. The van der Waals surface area contributed by atoms with Gasteiger partial charge in [-0.1, -0.05) is 17.7 Å². The van der Waals surface area contributed by atoms with Crippen LogP contribution in [-0.2, 0) is 0 Å². The zero-order chi connectivity index (χ0) is 14.9. The van der Waals surface area contributed by atoms with E-state index in [2.05, 4.69) is 0 Å². The van der Waals surface area contributed by atoms with E-state index in [0.29, 0.717) is 10.8 Å². The van der Waals surface area contributed by atoms with E-state index in [9.17, 15) is 4.39 Å². The summed E-state index contributed by atoms with van der Waals surface area (Å²) >= 11 is 6.09. The Morgan fingerprint density at radius 3 is 2.33 bits per heavy atom. The summed E-state index contributed by atoms with van der Waals surface area (Å²) < 4.78 is 19.4. The van der Waals surface area contributed by atoms with Crippen molar-refractivity contribution in [3.05, 3.63) is 57.9 Å². The van der Waals surface area contributed by atoms with Crippen LogP contribution in [0.2, 0.25) is 5.02 Å². The number of rotatable bonds is 3. The van der Waals surface area contributed by atoms with Crippen molar-refractivity contribution >= 4 is 29.8 Å². The molecule has 0 fully saturated rings. The van der Waals surface area contributed by atoms with Gasteiger partial charge in [0.25, 0.3) is 0 Å². The van der Waals surface area contributed by atoms with Crippen molar-refractivity contribution in [3.8, 4) is 11.5 Å². The number of halogens is 3. The van der Waals surface area contributed by atoms with Crippen molar-refractivity contribution in [2.75, 3.05) is 0 Å². The van der Waals surface area contributed by atoms with Crippen LogP contribution in [0, 0.1) is 25.1 Å². The van der Waals surface area contributed by atoms with E-state index < -0.39 is 5.82 Å². The van der Waals surface area contributed by atoms with E-state index in [1.54, 1.807) is 18.2 Å². The summed E-state index contributed by atoms with van der Waals surface area (Å²) in [5, 5.41) is 8.11. The number of nitrogen functional groups attached to an aromatic ring is 1. The maximum atomic E-state index is 13.7. The molecule has 0 heterocycles. The van der Waals surface area contributed by atoms with Crippen molar-refractivity contribution in [1.82, 2.24) is 0 Å². The zero-order valence-electron chi connectivity index (χ0n) is 11.5. The average molecular weight is 329 g/mol. The fraction of sp³-hybridized carbons (Fsp3) is 0.133. The molecule has 0 spiro atoms. The van der Waals surface area contributed by atoms with Gasteiger partial charge in [0, 0.05) is 5.02 Å². The molecule has 0 saturated carbocycles. The molecule has 0 aliphatic carbocycles. The Morgan fingerprint density at radius 2 is 1.81 bits per heavy atom. The van der Waals surface area contributed by atoms with E-state index in [0.717, 1.165) is 11.1 Å². The third kappa shape index (κ3) is 3.65. The number of nitrogens with two attached hydrogens (primary N) is 1. The predicted octanol–water partition coefficient (Wildman–Crippen LogP) is 4.59. The van der Waals surface area contributed by atoms with Crippen LogP contribution in [0.25, 0.3) is 0 Å². The maximum absolute atomic E-state index is 13.7. The molecule has 0 radical (unpaired) electrons. The van der Waals surface area contributed by atoms with Crippen LogP contribution < -0.4 is 10.5 Å². The van der Waals surface area contributed by atoms with Gasteiger partial charge in [0.15, 0.2) is 0 Å². The number of benzene rings is 2. The number of ether oxygens (including phenoxy) is 1. The van der Waals surface area contributed by atoms with Crippen LogP contribution in [0.1, 0.15) is 16.7 Å². The molecule has 6 heteroatoms. The molecule has 0 aromatic heterocycles. The van der Waals surface area contributed by atoms with Crippen LogP contribution in [0.5, 0.6) is 11.5 Å². The first kappa shape index (κ1) is 17.3. The molecule has 112 valence electrons. The number of aryl methyl sites for hydroxylation is 2. The lowest BCUT2D eigenvalue weighted by atomic mass is 10.1. The van der Waals surface area contributed by atoms with Crippen molar-refractivity contribution in [2.45, 2.75) is 13.8 Å². The molecule has 0 atom stereocenters. The van der Waals surface area contributed by atoms with Crippen LogP contribution in [-0.4, -0.2) is 5.84 Å². The van der Waals surface area contributed by atoms with Crippen LogP contribution in [0.4, 0.5) is 4.39 Å². The molecule has 0 bridgehead atoms. The highest BCUT2D eigenvalue weighted by atomic mass is 35.5. The summed E-state index contributed by atoms with van der Waals surface area (Å²) in [7, 11) is 0. The molecular formula is C15H15Cl2FN2O. The molecule has 3 nitrogen and oxygen atoms in total. The molecule has 0 amide bonds. The van der Waals surface area contributed by atoms with E-state index >= 15 is 0 Å². The SMILES string of the molecule is Cc1cc(Oc2cccc(F)c2C(=N)N)cc(C)c1Cl.Cl. The molecule has 0 unspecified atom stereocenters. The normalized spacial score (nSPS) is 9.90. The Labute approximate surface area is 133 Å². The summed E-state index contributed by atoms with van der Waals surface area (Å²) in [6, 6.07) is 7.82. The first-order valence-corrected chi connectivity index (χ1v) is 6.35. The van der Waals surface area contributed by atoms with Gasteiger partial charge < -0.3 is 10.5 Å².